The van der Waals surface area contributed by atoms with E-state index < -0.39 is 0 Å². The molecule has 1 rings (SSSR count). The number of likely N-dealkylation sites (N-methyl/N-ethyl adjacent to an activating group) is 1. The Balaban J connectivity index is 0.00000529. The summed E-state index contributed by atoms with van der Waals surface area (Å²) in [5.41, 5.74) is 1.14. The Morgan fingerprint density at radius 3 is 2.62 bits per heavy atom. The molecule has 0 aromatic carbocycles. The number of methoxy groups -OCH3 is 1. The van der Waals surface area contributed by atoms with E-state index in [1.54, 1.807) is 18.4 Å². The smallest absolute Gasteiger partial charge is 0.191 e. The van der Waals surface area contributed by atoms with Crippen molar-refractivity contribution in [3.8, 4) is 0 Å². The molecule has 0 radical (unpaired) electrons. The van der Waals surface area contributed by atoms with Crippen molar-refractivity contribution in [3.63, 3.8) is 0 Å². The van der Waals surface area contributed by atoms with Crippen molar-refractivity contribution in [1.82, 2.24) is 20.5 Å². The maximum atomic E-state index is 5.08. The SMILES string of the molecule is CCNC(=NCCN(C)CCOC)NCCc1nc(C)c(C)s1.I. The number of rotatable bonds is 10. The average molecular weight is 469 g/mol. The first-order valence-corrected chi connectivity index (χ1v) is 9.01. The van der Waals surface area contributed by atoms with Crippen LogP contribution >= 0.6 is 35.3 Å². The van der Waals surface area contributed by atoms with Gasteiger partial charge in [0.15, 0.2) is 5.96 Å². The Hall–Kier alpha value is -0.450. The normalized spacial score (nSPS) is 11.5. The molecule has 0 bridgehead atoms. The van der Waals surface area contributed by atoms with Crippen LogP contribution in [0.1, 0.15) is 22.5 Å². The number of nitrogens with zero attached hydrogens (tertiary/aromatic N) is 3. The third kappa shape index (κ3) is 9.75. The van der Waals surface area contributed by atoms with Gasteiger partial charge in [-0.1, -0.05) is 0 Å². The van der Waals surface area contributed by atoms with Gasteiger partial charge < -0.3 is 20.3 Å². The van der Waals surface area contributed by atoms with Gasteiger partial charge in [0.05, 0.1) is 23.9 Å². The highest BCUT2D eigenvalue weighted by Gasteiger charge is 2.04. The maximum Gasteiger partial charge on any atom is 0.191 e. The molecular weight excluding hydrogens is 437 g/mol. The van der Waals surface area contributed by atoms with Gasteiger partial charge in [0.25, 0.3) is 0 Å². The van der Waals surface area contributed by atoms with Crippen LogP contribution < -0.4 is 10.6 Å². The minimum Gasteiger partial charge on any atom is -0.383 e. The molecular formula is C16H32IN5OS. The van der Waals surface area contributed by atoms with Gasteiger partial charge in [-0.05, 0) is 27.8 Å². The van der Waals surface area contributed by atoms with Crippen molar-refractivity contribution in [3.05, 3.63) is 15.6 Å². The van der Waals surface area contributed by atoms with Crippen LogP contribution in [0.2, 0.25) is 0 Å². The molecule has 0 aliphatic heterocycles. The monoisotopic (exact) mass is 469 g/mol. The minimum absolute atomic E-state index is 0. The average Bonchev–Trinajstić information content (AvgIpc) is 2.83. The zero-order valence-electron chi connectivity index (χ0n) is 15.5. The Labute approximate surface area is 167 Å². The Morgan fingerprint density at radius 2 is 2.04 bits per heavy atom. The number of thiazole rings is 1. The van der Waals surface area contributed by atoms with Crippen molar-refractivity contribution in [1.29, 1.82) is 0 Å². The van der Waals surface area contributed by atoms with Gasteiger partial charge in [-0.2, -0.15) is 0 Å². The number of hydrogen-bond acceptors (Lipinski definition) is 5. The molecule has 0 aliphatic rings. The predicted molar refractivity (Wildman–Crippen MR) is 114 cm³/mol. The quantitative estimate of drug-likeness (QED) is 0.312. The zero-order chi connectivity index (χ0) is 17.1. The number of hydrogen-bond donors (Lipinski definition) is 2. The van der Waals surface area contributed by atoms with Crippen LogP contribution in [-0.4, -0.2) is 69.3 Å². The summed E-state index contributed by atoms with van der Waals surface area (Å²) >= 11 is 1.78. The van der Waals surface area contributed by atoms with E-state index in [-0.39, 0.29) is 24.0 Å². The van der Waals surface area contributed by atoms with Crippen LogP contribution in [0.4, 0.5) is 0 Å². The standard InChI is InChI=1S/C16H31N5OS.HI/c1-6-17-16(19-9-10-21(4)11-12-22-5)18-8-7-15-20-13(2)14(3)23-15;/h6-12H2,1-5H3,(H2,17,18,19);1H. The number of aryl methyl sites for hydroxylation is 2. The van der Waals surface area contributed by atoms with E-state index in [4.69, 9.17) is 4.74 Å². The van der Waals surface area contributed by atoms with E-state index in [1.165, 1.54) is 9.88 Å². The van der Waals surface area contributed by atoms with Crippen LogP contribution in [0, 0.1) is 13.8 Å². The van der Waals surface area contributed by atoms with Gasteiger partial charge in [-0.15, -0.1) is 35.3 Å². The lowest BCUT2D eigenvalue weighted by molar-refractivity contribution is 0.163. The molecule has 0 amide bonds. The Kier molecular flexibility index (Phi) is 13.5. The summed E-state index contributed by atoms with van der Waals surface area (Å²) in [6, 6.07) is 0. The topological polar surface area (TPSA) is 61.8 Å². The van der Waals surface area contributed by atoms with Crippen molar-refractivity contribution in [2.75, 3.05) is 53.5 Å². The summed E-state index contributed by atoms with van der Waals surface area (Å²) in [7, 11) is 3.81. The second-order valence-electron chi connectivity index (χ2n) is 5.48. The molecule has 1 heterocycles. The van der Waals surface area contributed by atoms with Gasteiger partial charge in [0.2, 0.25) is 0 Å². The molecule has 6 nitrogen and oxygen atoms in total. The molecule has 0 atom stereocenters. The van der Waals surface area contributed by atoms with Gasteiger partial charge in [-0.25, -0.2) is 4.98 Å². The first-order chi connectivity index (χ1) is 11.1. The fourth-order valence-corrected chi connectivity index (χ4v) is 2.90. The number of ether oxygens (including phenoxy) is 1. The number of aromatic nitrogens is 1. The fourth-order valence-electron chi connectivity index (χ4n) is 1.97. The van der Waals surface area contributed by atoms with Gasteiger partial charge in [0.1, 0.15) is 0 Å². The third-order valence-corrected chi connectivity index (χ3v) is 4.61. The molecule has 8 heteroatoms. The molecule has 24 heavy (non-hydrogen) atoms. The van der Waals surface area contributed by atoms with Crippen molar-refractivity contribution in [2.24, 2.45) is 4.99 Å². The predicted octanol–water partition coefficient (Wildman–Crippen LogP) is 2.05. The van der Waals surface area contributed by atoms with E-state index in [9.17, 15) is 0 Å². The summed E-state index contributed by atoms with van der Waals surface area (Å²) in [5, 5.41) is 7.84. The van der Waals surface area contributed by atoms with Crippen molar-refractivity contribution < 1.29 is 4.74 Å². The van der Waals surface area contributed by atoms with E-state index in [1.807, 2.05) is 0 Å². The van der Waals surface area contributed by atoms with E-state index in [2.05, 4.69) is 53.3 Å². The van der Waals surface area contributed by atoms with Crippen molar-refractivity contribution in [2.45, 2.75) is 27.2 Å². The van der Waals surface area contributed by atoms with Crippen LogP contribution in [0.3, 0.4) is 0 Å². The first-order valence-electron chi connectivity index (χ1n) is 8.19. The molecule has 1 aromatic rings. The highest BCUT2D eigenvalue weighted by atomic mass is 127. The minimum atomic E-state index is 0. The molecule has 0 saturated carbocycles. The third-order valence-electron chi connectivity index (χ3n) is 3.48. The number of halogens is 1. The summed E-state index contributed by atoms with van der Waals surface area (Å²) in [4.78, 5) is 12.7. The summed E-state index contributed by atoms with van der Waals surface area (Å²) < 4.78 is 5.08. The maximum absolute atomic E-state index is 5.08. The Bertz CT molecular complexity index is 462. The summed E-state index contributed by atoms with van der Waals surface area (Å²) in [6.45, 7) is 11.3. The van der Waals surface area contributed by atoms with Crippen LogP contribution in [-0.2, 0) is 11.2 Å². The highest BCUT2D eigenvalue weighted by Crippen LogP contribution is 2.16. The van der Waals surface area contributed by atoms with Gasteiger partial charge in [-0.3, -0.25) is 4.99 Å². The highest BCUT2D eigenvalue weighted by molar-refractivity contribution is 14.0. The number of nitrogens with one attached hydrogen (secondary N) is 2. The van der Waals surface area contributed by atoms with Crippen LogP contribution in [0.25, 0.3) is 0 Å². The lowest BCUT2D eigenvalue weighted by atomic mass is 10.4. The lowest BCUT2D eigenvalue weighted by Crippen LogP contribution is -2.39. The largest absolute Gasteiger partial charge is 0.383 e. The second kappa shape index (κ2) is 13.8. The van der Waals surface area contributed by atoms with Crippen LogP contribution in [0.15, 0.2) is 4.99 Å². The van der Waals surface area contributed by atoms with E-state index >= 15 is 0 Å². The lowest BCUT2D eigenvalue weighted by Gasteiger charge is -2.15. The summed E-state index contributed by atoms with van der Waals surface area (Å²) in [6.07, 6.45) is 0.928. The molecule has 0 unspecified atom stereocenters. The van der Waals surface area contributed by atoms with Gasteiger partial charge in [0, 0.05) is 44.6 Å². The molecule has 0 fully saturated rings. The van der Waals surface area contributed by atoms with E-state index in [0.29, 0.717) is 0 Å². The molecule has 140 valence electrons. The Morgan fingerprint density at radius 1 is 1.29 bits per heavy atom. The molecule has 0 aliphatic carbocycles. The van der Waals surface area contributed by atoms with E-state index in [0.717, 1.165) is 57.4 Å². The summed E-state index contributed by atoms with van der Waals surface area (Å²) in [5.74, 6) is 0.873. The number of aliphatic imine (C=N–C) groups is 1. The van der Waals surface area contributed by atoms with Crippen molar-refractivity contribution >= 4 is 41.3 Å². The number of guanidine groups is 1. The second-order valence-corrected chi connectivity index (χ2v) is 6.77. The van der Waals surface area contributed by atoms with Crippen LogP contribution in [0.5, 0.6) is 0 Å². The molecule has 1 aromatic heterocycles. The fraction of sp³-hybridized carbons (Fsp3) is 0.750. The molecule has 0 spiro atoms. The first kappa shape index (κ1) is 23.5. The molecule has 2 N–H and O–H groups in total. The zero-order valence-corrected chi connectivity index (χ0v) is 18.7. The molecule has 0 saturated heterocycles. The van der Waals surface area contributed by atoms with Gasteiger partial charge >= 0.3 is 0 Å².